The summed E-state index contributed by atoms with van der Waals surface area (Å²) in [6, 6.07) is 10.5. The third-order valence-corrected chi connectivity index (χ3v) is 4.52. The van der Waals surface area contributed by atoms with Gasteiger partial charge in [0, 0.05) is 24.2 Å². The molecule has 29 heavy (non-hydrogen) atoms. The molecule has 0 radical (unpaired) electrons. The molecule has 6 nitrogen and oxygen atoms in total. The molecule has 0 aliphatic carbocycles. The lowest BCUT2D eigenvalue weighted by Gasteiger charge is -2.26. The van der Waals surface area contributed by atoms with E-state index in [0.29, 0.717) is 17.9 Å². The van der Waals surface area contributed by atoms with Crippen LogP contribution in [0.3, 0.4) is 0 Å². The molecule has 1 saturated heterocycles. The van der Waals surface area contributed by atoms with Gasteiger partial charge in [0.25, 0.3) is 0 Å². The predicted molar refractivity (Wildman–Crippen MR) is 111 cm³/mol. The highest BCUT2D eigenvalue weighted by Gasteiger charge is 2.09. The number of morpholine rings is 1. The molecular weight excluding hydrogens is 366 g/mol. The van der Waals surface area contributed by atoms with Gasteiger partial charge >= 0.3 is 0 Å². The van der Waals surface area contributed by atoms with Crippen LogP contribution < -0.4 is 11.1 Å². The third kappa shape index (κ3) is 7.14. The Hall–Kier alpha value is -3.03. The number of nitrogens with two attached hydrogens (primary N) is 1. The van der Waals surface area contributed by atoms with Gasteiger partial charge in [-0.2, -0.15) is 0 Å². The molecule has 1 aromatic heterocycles. The van der Waals surface area contributed by atoms with Crippen LogP contribution in [-0.2, 0) is 11.3 Å². The molecule has 3 N–H and O–H groups in total. The van der Waals surface area contributed by atoms with E-state index in [1.54, 1.807) is 24.3 Å². The summed E-state index contributed by atoms with van der Waals surface area (Å²) in [6.07, 6.45) is 1.10. The van der Waals surface area contributed by atoms with E-state index in [0.717, 1.165) is 57.1 Å². The van der Waals surface area contributed by atoms with Crippen LogP contribution in [-0.4, -0.2) is 50.2 Å². The van der Waals surface area contributed by atoms with Crippen LogP contribution in [0.4, 0.5) is 0 Å². The molecule has 1 aromatic carbocycles. The van der Waals surface area contributed by atoms with Gasteiger partial charge in [-0.15, -0.1) is 0 Å². The molecule has 3 rings (SSSR count). The zero-order valence-electron chi connectivity index (χ0n) is 16.4. The van der Waals surface area contributed by atoms with E-state index in [2.05, 4.69) is 33.9 Å². The summed E-state index contributed by atoms with van der Waals surface area (Å²) in [5, 5.41) is 3.40. The number of nitrogens with one attached hydrogen (secondary N) is 1. The molecule has 0 bridgehead atoms. The number of benzene rings is 1. The van der Waals surface area contributed by atoms with Crippen molar-refractivity contribution in [1.82, 2.24) is 10.2 Å². The minimum Gasteiger partial charge on any atom is -0.451 e. The lowest BCUT2D eigenvalue weighted by Crippen LogP contribution is -2.37. The Morgan fingerprint density at radius 3 is 2.59 bits per heavy atom. The Kier molecular flexibility index (Phi) is 7.91. The Morgan fingerprint density at radius 2 is 1.83 bits per heavy atom. The molecule has 1 amide bonds. The highest BCUT2D eigenvalue weighted by Crippen LogP contribution is 2.06. The van der Waals surface area contributed by atoms with Crippen LogP contribution in [0.25, 0.3) is 0 Å². The smallest absolute Gasteiger partial charge is 0.248 e. The molecule has 0 atom stereocenters. The minimum atomic E-state index is -0.454. The van der Waals surface area contributed by atoms with Crippen molar-refractivity contribution in [3.8, 4) is 23.7 Å². The zero-order chi connectivity index (χ0) is 20.3. The molecule has 6 heteroatoms. The van der Waals surface area contributed by atoms with E-state index in [-0.39, 0.29) is 0 Å². The van der Waals surface area contributed by atoms with Crippen LogP contribution in [0, 0.1) is 23.7 Å². The number of ether oxygens (including phenoxy) is 1. The maximum atomic E-state index is 11.0. The number of hydrogen-bond donors (Lipinski definition) is 2. The maximum absolute atomic E-state index is 11.0. The van der Waals surface area contributed by atoms with Gasteiger partial charge in [-0.05, 0) is 73.7 Å². The van der Waals surface area contributed by atoms with Gasteiger partial charge in [-0.3, -0.25) is 9.69 Å². The van der Waals surface area contributed by atoms with Crippen molar-refractivity contribution in [2.75, 3.05) is 39.4 Å². The van der Waals surface area contributed by atoms with Crippen molar-refractivity contribution in [3.63, 3.8) is 0 Å². The highest BCUT2D eigenvalue weighted by atomic mass is 16.5. The normalized spacial score (nSPS) is 13.8. The topological polar surface area (TPSA) is 80.7 Å². The average molecular weight is 391 g/mol. The molecule has 150 valence electrons. The summed E-state index contributed by atoms with van der Waals surface area (Å²) >= 11 is 0. The van der Waals surface area contributed by atoms with Crippen molar-refractivity contribution < 1.29 is 13.9 Å². The number of rotatable bonds is 7. The average Bonchev–Trinajstić information content (AvgIpc) is 3.20. The van der Waals surface area contributed by atoms with Crippen LogP contribution in [0.5, 0.6) is 0 Å². The number of carbonyl (C=O) groups is 1. The Balaban J connectivity index is 1.38. The Bertz CT molecular complexity index is 920. The largest absolute Gasteiger partial charge is 0.451 e. The lowest BCUT2D eigenvalue weighted by atomic mass is 10.1. The van der Waals surface area contributed by atoms with Gasteiger partial charge in [0.05, 0.1) is 19.8 Å². The van der Waals surface area contributed by atoms with E-state index in [4.69, 9.17) is 14.9 Å². The van der Waals surface area contributed by atoms with Gasteiger partial charge in [-0.25, -0.2) is 0 Å². The molecule has 1 fully saturated rings. The second kappa shape index (κ2) is 11.1. The van der Waals surface area contributed by atoms with E-state index < -0.39 is 5.91 Å². The summed E-state index contributed by atoms with van der Waals surface area (Å²) in [5.41, 5.74) is 6.44. The fraction of sp³-hybridized carbons (Fsp3) is 0.348. The third-order valence-electron chi connectivity index (χ3n) is 4.52. The molecule has 1 aliphatic heterocycles. The van der Waals surface area contributed by atoms with Gasteiger partial charge in [-0.1, -0.05) is 5.92 Å². The monoisotopic (exact) mass is 391 g/mol. The molecule has 0 saturated carbocycles. The number of hydrogen-bond acceptors (Lipinski definition) is 5. The van der Waals surface area contributed by atoms with Gasteiger partial charge in [0.2, 0.25) is 5.91 Å². The first-order valence-corrected chi connectivity index (χ1v) is 9.72. The zero-order valence-corrected chi connectivity index (χ0v) is 16.4. The van der Waals surface area contributed by atoms with Crippen LogP contribution in [0.1, 0.15) is 33.9 Å². The maximum Gasteiger partial charge on any atom is 0.248 e. The van der Waals surface area contributed by atoms with E-state index in [1.165, 1.54) is 0 Å². The quantitative estimate of drug-likeness (QED) is 0.554. The molecule has 0 spiro atoms. The van der Waals surface area contributed by atoms with E-state index >= 15 is 0 Å². The SMILES string of the molecule is NC(=O)c1ccc(C#CC#Cc2ccc(CNCCCN3CCOCC3)o2)cc1. The van der Waals surface area contributed by atoms with Gasteiger partial charge in [0.1, 0.15) is 5.76 Å². The molecular formula is C23H25N3O3. The lowest BCUT2D eigenvalue weighted by molar-refractivity contribution is 0.0374. The fourth-order valence-electron chi connectivity index (χ4n) is 2.92. The van der Waals surface area contributed by atoms with Gasteiger partial charge < -0.3 is 20.2 Å². The fourth-order valence-corrected chi connectivity index (χ4v) is 2.92. The van der Waals surface area contributed by atoms with Crippen LogP contribution >= 0.6 is 0 Å². The number of furan rings is 1. The molecule has 1 aliphatic rings. The highest BCUT2D eigenvalue weighted by molar-refractivity contribution is 5.92. The number of nitrogens with zero attached hydrogens (tertiary/aromatic N) is 1. The molecule has 2 aromatic rings. The van der Waals surface area contributed by atoms with Crippen molar-refractivity contribution in [1.29, 1.82) is 0 Å². The van der Waals surface area contributed by atoms with E-state index in [9.17, 15) is 4.79 Å². The summed E-state index contributed by atoms with van der Waals surface area (Å²) < 4.78 is 11.0. The number of amides is 1. The van der Waals surface area contributed by atoms with Crippen molar-refractivity contribution in [2.24, 2.45) is 5.73 Å². The summed E-state index contributed by atoms with van der Waals surface area (Å²) in [5.74, 6) is 12.4. The van der Waals surface area contributed by atoms with Crippen LogP contribution in [0.2, 0.25) is 0 Å². The first-order chi connectivity index (χ1) is 14.2. The molecule has 0 unspecified atom stereocenters. The first kappa shape index (κ1) is 20.7. The first-order valence-electron chi connectivity index (χ1n) is 9.72. The molecule has 2 heterocycles. The second-order valence-electron chi connectivity index (χ2n) is 6.69. The summed E-state index contributed by atoms with van der Waals surface area (Å²) in [7, 11) is 0. The van der Waals surface area contributed by atoms with Crippen molar-refractivity contribution in [3.05, 3.63) is 59.0 Å². The van der Waals surface area contributed by atoms with Crippen molar-refractivity contribution >= 4 is 5.91 Å². The van der Waals surface area contributed by atoms with Gasteiger partial charge in [0.15, 0.2) is 5.76 Å². The predicted octanol–water partition coefficient (Wildman–Crippen LogP) is 1.59. The summed E-state index contributed by atoms with van der Waals surface area (Å²) in [4.78, 5) is 13.5. The van der Waals surface area contributed by atoms with E-state index in [1.807, 2.05) is 12.1 Å². The Morgan fingerprint density at radius 1 is 1.07 bits per heavy atom. The number of carbonyl (C=O) groups excluding carboxylic acids is 1. The minimum absolute atomic E-state index is 0.454. The summed E-state index contributed by atoms with van der Waals surface area (Å²) in [6.45, 7) is 6.46. The second-order valence-corrected chi connectivity index (χ2v) is 6.69. The van der Waals surface area contributed by atoms with Crippen molar-refractivity contribution in [2.45, 2.75) is 13.0 Å². The Labute approximate surface area is 171 Å². The standard InChI is InChI=1S/C23H25N3O3/c24-23(27)20-8-6-19(7-9-20)4-1-2-5-21-10-11-22(29-21)18-25-12-3-13-26-14-16-28-17-15-26/h6-11,25H,3,12-18H2,(H2,24,27). The van der Waals surface area contributed by atoms with Crippen LogP contribution in [0.15, 0.2) is 40.8 Å². The number of primary amides is 1.